The average molecular weight is 356 g/mol. The fourth-order valence-corrected chi connectivity index (χ4v) is 4.52. The van der Waals surface area contributed by atoms with E-state index in [0.29, 0.717) is 38.2 Å². The molecular weight excluding hydrogens is 336 g/mol. The fraction of sp³-hybridized carbons (Fsp3) is 0.600. The summed E-state index contributed by atoms with van der Waals surface area (Å²) < 4.78 is 39.0. The van der Waals surface area contributed by atoms with E-state index in [-0.39, 0.29) is 16.6 Å². The summed E-state index contributed by atoms with van der Waals surface area (Å²) in [5, 5.41) is 11.0. The molecule has 8 nitrogen and oxygen atoms in total. The molecular formula is C15H20N2O6S. The van der Waals surface area contributed by atoms with E-state index in [1.54, 1.807) is 6.92 Å². The van der Waals surface area contributed by atoms with Gasteiger partial charge in [0, 0.05) is 37.3 Å². The smallest absolute Gasteiger partial charge is 0.273 e. The zero-order valence-electron chi connectivity index (χ0n) is 13.4. The van der Waals surface area contributed by atoms with Crippen LogP contribution in [-0.4, -0.2) is 44.8 Å². The Hall–Kier alpha value is -1.55. The number of nitrogens with one attached hydrogen (secondary N) is 1. The highest BCUT2D eigenvalue weighted by Gasteiger charge is 2.42. The number of nitro groups is 1. The molecule has 3 rings (SSSR count). The van der Waals surface area contributed by atoms with Crippen LogP contribution in [0.5, 0.6) is 0 Å². The highest BCUT2D eigenvalue weighted by molar-refractivity contribution is 7.89. The molecule has 0 unspecified atom stereocenters. The lowest BCUT2D eigenvalue weighted by Crippen LogP contribution is -2.48. The topological polar surface area (TPSA) is 108 Å². The number of benzene rings is 1. The predicted molar refractivity (Wildman–Crippen MR) is 85.3 cm³/mol. The molecule has 2 aliphatic rings. The van der Waals surface area contributed by atoms with Gasteiger partial charge in [-0.2, -0.15) is 0 Å². The highest BCUT2D eigenvalue weighted by Crippen LogP contribution is 2.33. The number of sulfonamides is 1. The van der Waals surface area contributed by atoms with Crippen molar-refractivity contribution >= 4 is 15.7 Å². The quantitative estimate of drug-likeness (QED) is 0.647. The SMILES string of the molecule is Cc1ccc(S(=O)(=O)N[C@H]2CCO[C@]3(CCOC3)C2)cc1[N+](=O)[O-]. The first-order valence-corrected chi connectivity index (χ1v) is 9.29. The summed E-state index contributed by atoms with van der Waals surface area (Å²) in [6.45, 7) is 3.12. The predicted octanol–water partition coefficient (Wildman–Crippen LogP) is 1.52. The van der Waals surface area contributed by atoms with Crippen LogP contribution in [0.25, 0.3) is 0 Å². The van der Waals surface area contributed by atoms with Gasteiger partial charge in [-0.05, 0) is 25.8 Å². The first-order valence-electron chi connectivity index (χ1n) is 7.80. The van der Waals surface area contributed by atoms with Crippen molar-refractivity contribution < 1.29 is 22.8 Å². The molecule has 24 heavy (non-hydrogen) atoms. The molecule has 2 aliphatic heterocycles. The summed E-state index contributed by atoms with van der Waals surface area (Å²) in [5.74, 6) is 0. The normalized spacial score (nSPS) is 27.5. The Kier molecular flexibility index (Phi) is 4.60. The summed E-state index contributed by atoms with van der Waals surface area (Å²) in [4.78, 5) is 10.4. The van der Waals surface area contributed by atoms with Crippen LogP contribution < -0.4 is 4.72 Å². The maximum Gasteiger partial charge on any atom is 0.273 e. The Balaban J connectivity index is 1.78. The Morgan fingerprint density at radius 2 is 2.17 bits per heavy atom. The molecule has 1 N–H and O–H groups in total. The van der Waals surface area contributed by atoms with Crippen LogP contribution in [0.4, 0.5) is 5.69 Å². The van der Waals surface area contributed by atoms with Crippen LogP contribution in [0.2, 0.25) is 0 Å². The third-order valence-electron chi connectivity index (χ3n) is 4.57. The van der Waals surface area contributed by atoms with Gasteiger partial charge in [-0.3, -0.25) is 10.1 Å². The molecule has 0 aliphatic carbocycles. The van der Waals surface area contributed by atoms with Crippen molar-refractivity contribution in [2.75, 3.05) is 19.8 Å². The third-order valence-corrected chi connectivity index (χ3v) is 6.09. The number of hydrogen-bond acceptors (Lipinski definition) is 6. The lowest BCUT2D eigenvalue weighted by Gasteiger charge is -2.37. The maximum atomic E-state index is 12.6. The molecule has 0 radical (unpaired) electrons. The van der Waals surface area contributed by atoms with E-state index in [0.717, 1.165) is 12.5 Å². The minimum Gasteiger partial charge on any atom is -0.378 e. The molecule has 2 atom stereocenters. The van der Waals surface area contributed by atoms with Crippen LogP contribution in [0, 0.1) is 17.0 Å². The van der Waals surface area contributed by atoms with Crippen LogP contribution in [0.15, 0.2) is 23.1 Å². The average Bonchev–Trinajstić information content (AvgIpc) is 2.94. The first kappa shape index (κ1) is 17.3. The maximum absolute atomic E-state index is 12.6. The van der Waals surface area contributed by atoms with Gasteiger partial charge in [-0.1, -0.05) is 6.07 Å². The van der Waals surface area contributed by atoms with Crippen molar-refractivity contribution in [3.05, 3.63) is 33.9 Å². The zero-order chi connectivity index (χ0) is 17.4. The second-order valence-electron chi connectivity index (χ2n) is 6.35. The van der Waals surface area contributed by atoms with E-state index in [2.05, 4.69) is 4.72 Å². The van der Waals surface area contributed by atoms with Crippen molar-refractivity contribution in [1.29, 1.82) is 0 Å². The summed E-state index contributed by atoms with van der Waals surface area (Å²) in [7, 11) is -3.83. The van der Waals surface area contributed by atoms with Crippen molar-refractivity contribution in [2.45, 2.75) is 42.7 Å². The summed E-state index contributed by atoms with van der Waals surface area (Å²) >= 11 is 0. The van der Waals surface area contributed by atoms with Gasteiger partial charge in [0.1, 0.15) is 0 Å². The Bertz CT molecular complexity index is 742. The third kappa shape index (κ3) is 3.44. The number of ether oxygens (including phenoxy) is 2. The Morgan fingerprint density at radius 1 is 1.38 bits per heavy atom. The van der Waals surface area contributed by atoms with E-state index in [1.807, 2.05) is 0 Å². The largest absolute Gasteiger partial charge is 0.378 e. The molecule has 1 aromatic carbocycles. The summed E-state index contributed by atoms with van der Waals surface area (Å²) in [6, 6.07) is 3.66. The standard InChI is InChI=1S/C15H20N2O6S/c1-11-2-3-13(8-14(11)17(18)19)24(20,21)16-12-4-6-23-15(9-12)5-7-22-10-15/h2-3,8,12,16H,4-7,9-10H2,1H3/t12-,15+/m0/s1. The summed E-state index contributed by atoms with van der Waals surface area (Å²) in [5.41, 5.74) is -0.192. The molecule has 132 valence electrons. The number of nitrogens with zero attached hydrogens (tertiary/aromatic N) is 1. The van der Waals surface area contributed by atoms with Crippen molar-refractivity contribution in [1.82, 2.24) is 4.72 Å². The van der Waals surface area contributed by atoms with Gasteiger partial charge in [0.15, 0.2) is 0 Å². The molecule has 0 saturated carbocycles. The minimum atomic E-state index is -3.83. The molecule has 0 bridgehead atoms. The van der Waals surface area contributed by atoms with Crippen LogP contribution in [0.1, 0.15) is 24.8 Å². The zero-order valence-corrected chi connectivity index (χ0v) is 14.2. The lowest BCUT2D eigenvalue weighted by molar-refractivity contribution is -0.385. The van der Waals surface area contributed by atoms with Gasteiger partial charge in [-0.25, -0.2) is 13.1 Å². The van der Waals surface area contributed by atoms with E-state index in [4.69, 9.17) is 9.47 Å². The fourth-order valence-electron chi connectivity index (χ4n) is 3.23. The molecule has 1 aromatic rings. The van der Waals surface area contributed by atoms with Crippen molar-refractivity contribution in [2.24, 2.45) is 0 Å². The molecule has 0 amide bonds. The van der Waals surface area contributed by atoms with Gasteiger partial charge in [0.25, 0.3) is 5.69 Å². The summed E-state index contributed by atoms with van der Waals surface area (Å²) in [6.07, 6.45) is 1.86. The monoisotopic (exact) mass is 356 g/mol. The number of hydrogen-bond donors (Lipinski definition) is 1. The van der Waals surface area contributed by atoms with E-state index < -0.39 is 20.5 Å². The van der Waals surface area contributed by atoms with Gasteiger partial charge in [0.2, 0.25) is 10.0 Å². The Labute approximate surface area is 140 Å². The second kappa shape index (κ2) is 6.40. The molecule has 2 saturated heterocycles. The van der Waals surface area contributed by atoms with Gasteiger partial charge in [-0.15, -0.1) is 0 Å². The van der Waals surface area contributed by atoms with Crippen molar-refractivity contribution in [3.8, 4) is 0 Å². The van der Waals surface area contributed by atoms with Crippen LogP contribution in [-0.2, 0) is 19.5 Å². The molecule has 2 heterocycles. The molecule has 9 heteroatoms. The number of nitro benzene ring substituents is 1. The Morgan fingerprint density at radius 3 is 2.83 bits per heavy atom. The van der Waals surface area contributed by atoms with Gasteiger partial charge in [0.05, 0.1) is 22.0 Å². The van der Waals surface area contributed by atoms with Gasteiger partial charge >= 0.3 is 0 Å². The van der Waals surface area contributed by atoms with Crippen LogP contribution >= 0.6 is 0 Å². The second-order valence-corrected chi connectivity index (χ2v) is 8.06. The molecule has 0 aromatic heterocycles. The number of aryl methyl sites for hydroxylation is 1. The first-order chi connectivity index (χ1) is 11.3. The lowest BCUT2D eigenvalue weighted by atomic mass is 9.90. The minimum absolute atomic E-state index is 0.0944. The van der Waals surface area contributed by atoms with E-state index in [9.17, 15) is 18.5 Å². The number of rotatable bonds is 4. The highest BCUT2D eigenvalue weighted by atomic mass is 32.2. The van der Waals surface area contributed by atoms with E-state index in [1.165, 1.54) is 12.1 Å². The van der Waals surface area contributed by atoms with Crippen LogP contribution in [0.3, 0.4) is 0 Å². The molecule has 1 spiro atoms. The van der Waals surface area contributed by atoms with Gasteiger partial charge < -0.3 is 9.47 Å². The molecule has 2 fully saturated rings. The van der Waals surface area contributed by atoms with Crippen molar-refractivity contribution in [3.63, 3.8) is 0 Å². The van der Waals surface area contributed by atoms with E-state index >= 15 is 0 Å².